The summed E-state index contributed by atoms with van der Waals surface area (Å²) in [5.41, 5.74) is 0. The van der Waals surface area contributed by atoms with Gasteiger partial charge in [-0.25, -0.2) is 0 Å². The predicted octanol–water partition coefficient (Wildman–Crippen LogP) is 10.6. The number of carbonyl (C=O) groups excluding carboxylic acids is 1. The summed E-state index contributed by atoms with van der Waals surface area (Å²) in [6.07, 6.45) is 44.3. The molecule has 1 aliphatic heterocycles. The van der Waals surface area contributed by atoms with Gasteiger partial charge in [-0.2, -0.15) is 0 Å². The number of ether oxygens (including phenoxy) is 2. The molecule has 0 radical (unpaired) electrons. The molecule has 0 spiro atoms. The van der Waals surface area contributed by atoms with Crippen molar-refractivity contribution in [3.8, 4) is 0 Å². The molecule has 0 aromatic carbocycles. The Labute approximate surface area is 361 Å². The molecular formula is C50H91NO8. The standard InChI is InChI=1S/C50H91NO8/c1-3-5-7-9-11-13-15-17-19-21-22-24-26-28-30-32-34-36-38-40-46(54)51-43(42-58-50-49(57)48(56)47(55)45(41-52)59-50)44(53)39-37-35-33-31-29-27-25-23-20-18-16-14-12-10-8-6-4-2/h11,13,17,19,22,24,37,39,43-45,47-50,52-53,55-57H,3-10,12,14-16,18,20-21,23,25-36,38,40-42H2,1-2H3,(H,51,54)/b13-11-,19-17-,24-22-,39-37+. The van der Waals surface area contributed by atoms with Gasteiger partial charge in [-0.1, -0.05) is 191 Å². The zero-order valence-corrected chi connectivity index (χ0v) is 37.7. The number of allylic oxidation sites excluding steroid dienone is 7. The number of amides is 1. The summed E-state index contributed by atoms with van der Waals surface area (Å²) >= 11 is 0. The number of carbonyl (C=O) groups is 1. The van der Waals surface area contributed by atoms with Crippen LogP contribution in [0.25, 0.3) is 0 Å². The lowest BCUT2D eigenvalue weighted by Gasteiger charge is -2.40. The SMILES string of the molecule is CCCCC/C=C\C/C=C\C/C=C\CCCCCCCCC(=O)NC(COC1OC(CO)C(O)C(O)C1O)C(O)/C=C/CCCCCCCCCCCCCCCCC. The van der Waals surface area contributed by atoms with E-state index in [1.54, 1.807) is 6.08 Å². The molecule has 344 valence electrons. The first kappa shape index (κ1) is 55.2. The maximum atomic E-state index is 13.0. The molecule has 1 rings (SSSR count). The van der Waals surface area contributed by atoms with Crippen molar-refractivity contribution in [2.75, 3.05) is 13.2 Å². The Morgan fingerprint density at radius 1 is 0.576 bits per heavy atom. The van der Waals surface area contributed by atoms with Gasteiger partial charge in [0.2, 0.25) is 5.91 Å². The summed E-state index contributed by atoms with van der Waals surface area (Å²) in [7, 11) is 0. The normalized spacial score (nSPS) is 21.1. The topological polar surface area (TPSA) is 149 Å². The molecule has 0 aliphatic carbocycles. The Bertz CT molecular complexity index is 1060. The molecule has 1 aliphatic rings. The van der Waals surface area contributed by atoms with E-state index in [9.17, 15) is 30.3 Å². The van der Waals surface area contributed by atoms with Crippen LogP contribution < -0.4 is 5.32 Å². The second-order valence-electron chi connectivity index (χ2n) is 16.9. The highest BCUT2D eigenvalue weighted by Gasteiger charge is 2.44. The maximum absolute atomic E-state index is 13.0. The average Bonchev–Trinajstić information content (AvgIpc) is 3.23. The van der Waals surface area contributed by atoms with Crippen LogP contribution in [0.5, 0.6) is 0 Å². The number of aliphatic hydroxyl groups excluding tert-OH is 5. The third-order valence-corrected chi connectivity index (χ3v) is 11.4. The third-order valence-electron chi connectivity index (χ3n) is 11.4. The summed E-state index contributed by atoms with van der Waals surface area (Å²) in [5, 5.41) is 54.3. The molecule has 0 bridgehead atoms. The molecule has 1 amide bonds. The van der Waals surface area contributed by atoms with E-state index in [1.807, 2.05) is 6.08 Å². The fraction of sp³-hybridized carbons (Fsp3) is 0.820. The molecule has 1 saturated heterocycles. The van der Waals surface area contributed by atoms with Gasteiger partial charge in [-0.05, 0) is 57.8 Å². The van der Waals surface area contributed by atoms with Gasteiger partial charge in [0.15, 0.2) is 6.29 Å². The van der Waals surface area contributed by atoms with E-state index >= 15 is 0 Å². The van der Waals surface area contributed by atoms with Crippen LogP contribution in [0.4, 0.5) is 0 Å². The summed E-state index contributed by atoms with van der Waals surface area (Å²) in [4.78, 5) is 13.0. The zero-order valence-electron chi connectivity index (χ0n) is 37.7. The fourth-order valence-corrected chi connectivity index (χ4v) is 7.46. The monoisotopic (exact) mass is 834 g/mol. The van der Waals surface area contributed by atoms with Gasteiger partial charge in [-0.15, -0.1) is 0 Å². The van der Waals surface area contributed by atoms with E-state index in [4.69, 9.17) is 9.47 Å². The Morgan fingerprint density at radius 3 is 1.51 bits per heavy atom. The lowest BCUT2D eigenvalue weighted by Crippen LogP contribution is -2.60. The van der Waals surface area contributed by atoms with Crippen LogP contribution in [0.3, 0.4) is 0 Å². The highest BCUT2D eigenvalue weighted by molar-refractivity contribution is 5.76. The molecule has 0 aromatic rings. The molecule has 0 saturated carbocycles. The molecule has 6 N–H and O–H groups in total. The van der Waals surface area contributed by atoms with Crippen molar-refractivity contribution in [2.24, 2.45) is 0 Å². The smallest absolute Gasteiger partial charge is 0.220 e. The van der Waals surface area contributed by atoms with Gasteiger partial charge in [0.1, 0.15) is 24.4 Å². The Kier molecular flexibility index (Phi) is 37.6. The second-order valence-corrected chi connectivity index (χ2v) is 16.9. The molecule has 1 fully saturated rings. The number of hydrogen-bond donors (Lipinski definition) is 6. The lowest BCUT2D eigenvalue weighted by atomic mass is 9.99. The first-order valence-electron chi connectivity index (χ1n) is 24.4. The van der Waals surface area contributed by atoms with E-state index in [0.717, 1.165) is 64.2 Å². The minimum absolute atomic E-state index is 0.190. The minimum Gasteiger partial charge on any atom is -0.394 e. The van der Waals surface area contributed by atoms with Gasteiger partial charge in [0.05, 0.1) is 25.4 Å². The first-order chi connectivity index (χ1) is 28.8. The summed E-state index contributed by atoms with van der Waals surface area (Å²) in [6, 6.07) is -0.812. The van der Waals surface area contributed by atoms with Gasteiger partial charge < -0.3 is 40.3 Å². The van der Waals surface area contributed by atoms with Crippen molar-refractivity contribution in [2.45, 2.75) is 249 Å². The van der Waals surface area contributed by atoms with E-state index in [-0.39, 0.29) is 12.5 Å². The summed E-state index contributed by atoms with van der Waals surface area (Å²) < 4.78 is 11.2. The van der Waals surface area contributed by atoms with Crippen LogP contribution in [-0.2, 0) is 14.3 Å². The van der Waals surface area contributed by atoms with Gasteiger partial charge in [-0.3, -0.25) is 4.79 Å². The minimum atomic E-state index is -1.57. The molecule has 59 heavy (non-hydrogen) atoms. The molecule has 9 heteroatoms. The van der Waals surface area contributed by atoms with Crippen LogP contribution in [0, 0.1) is 0 Å². The largest absolute Gasteiger partial charge is 0.394 e. The quantitative estimate of drug-likeness (QED) is 0.0264. The summed E-state index contributed by atoms with van der Waals surface area (Å²) in [5.74, 6) is -0.190. The zero-order chi connectivity index (χ0) is 43.0. The number of hydrogen-bond acceptors (Lipinski definition) is 8. The van der Waals surface area contributed by atoms with Crippen molar-refractivity contribution in [3.05, 3.63) is 48.6 Å². The van der Waals surface area contributed by atoms with Gasteiger partial charge >= 0.3 is 0 Å². The van der Waals surface area contributed by atoms with Crippen LogP contribution in [0.15, 0.2) is 48.6 Å². The molecular weight excluding hydrogens is 743 g/mol. The number of rotatable bonds is 40. The lowest BCUT2D eigenvalue weighted by molar-refractivity contribution is -0.302. The molecule has 9 nitrogen and oxygen atoms in total. The maximum Gasteiger partial charge on any atom is 0.220 e. The van der Waals surface area contributed by atoms with E-state index in [1.165, 1.54) is 122 Å². The van der Waals surface area contributed by atoms with Crippen molar-refractivity contribution in [1.29, 1.82) is 0 Å². The fourth-order valence-electron chi connectivity index (χ4n) is 7.46. The molecule has 1 heterocycles. The second kappa shape index (κ2) is 40.2. The highest BCUT2D eigenvalue weighted by Crippen LogP contribution is 2.22. The molecule has 7 unspecified atom stereocenters. The predicted molar refractivity (Wildman–Crippen MR) is 244 cm³/mol. The Hall–Kier alpha value is -1.85. The first-order valence-corrected chi connectivity index (χ1v) is 24.4. The molecule has 7 atom stereocenters. The number of unbranched alkanes of at least 4 members (excludes halogenated alkanes) is 24. The third kappa shape index (κ3) is 30.8. The van der Waals surface area contributed by atoms with E-state index < -0.39 is 49.5 Å². The summed E-state index contributed by atoms with van der Waals surface area (Å²) in [6.45, 7) is 3.74. The van der Waals surface area contributed by atoms with Crippen molar-refractivity contribution in [3.63, 3.8) is 0 Å². The van der Waals surface area contributed by atoms with Crippen molar-refractivity contribution >= 4 is 5.91 Å². The number of nitrogens with one attached hydrogen (secondary N) is 1. The number of aliphatic hydroxyl groups is 5. The van der Waals surface area contributed by atoms with Gasteiger partial charge in [0, 0.05) is 6.42 Å². The Balaban J connectivity index is 2.35. The average molecular weight is 834 g/mol. The highest BCUT2D eigenvalue weighted by atomic mass is 16.7. The van der Waals surface area contributed by atoms with Crippen LogP contribution in [0.1, 0.15) is 206 Å². The van der Waals surface area contributed by atoms with Gasteiger partial charge in [0.25, 0.3) is 0 Å². The van der Waals surface area contributed by atoms with Crippen LogP contribution in [0.2, 0.25) is 0 Å². The van der Waals surface area contributed by atoms with Crippen LogP contribution in [-0.4, -0.2) is 87.5 Å². The van der Waals surface area contributed by atoms with Crippen molar-refractivity contribution in [1.82, 2.24) is 5.32 Å². The van der Waals surface area contributed by atoms with Crippen LogP contribution >= 0.6 is 0 Å². The van der Waals surface area contributed by atoms with E-state index in [2.05, 4.69) is 55.6 Å². The van der Waals surface area contributed by atoms with E-state index in [0.29, 0.717) is 6.42 Å². The molecule has 0 aromatic heterocycles. The Morgan fingerprint density at radius 2 is 1.00 bits per heavy atom. The van der Waals surface area contributed by atoms with Crippen molar-refractivity contribution < 1.29 is 39.8 Å².